The average Bonchev–Trinajstić information content (AvgIpc) is 3.56. The number of hydrogen-bond acceptors (Lipinski definition) is 6. The molecule has 8 nitrogen and oxygen atoms in total. The summed E-state index contributed by atoms with van der Waals surface area (Å²) >= 11 is 1.66. The van der Waals surface area contributed by atoms with E-state index in [9.17, 15) is 9.59 Å². The molecule has 0 aliphatic carbocycles. The van der Waals surface area contributed by atoms with E-state index in [-0.39, 0.29) is 16.9 Å². The van der Waals surface area contributed by atoms with Gasteiger partial charge in [-0.25, -0.2) is 4.68 Å². The van der Waals surface area contributed by atoms with E-state index in [1.807, 2.05) is 70.6 Å². The molecule has 2 aromatic carbocycles. The van der Waals surface area contributed by atoms with Crippen LogP contribution in [0.4, 0.5) is 11.6 Å². The highest BCUT2D eigenvalue weighted by Gasteiger charge is 2.20. The van der Waals surface area contributed by atoms with E-state index in [0.717, 1.165) is 39.0 Å². The normalized spacial score (nSPS) is 11.9. The Kier molecular flexibility index (Phi) is 6.61. The molecule has 1 aliphatic heterocycles. The van der Waals surface area contributed by atoms with Gasteiger partial charge in [0.15, 0.2) is 5.82 Å². The maximum Gasteiger partial charge on any atom is 0.263 e. The van der Waals surface area contributed by atoms with Crippen LogP contribution >= 0.6 is 11.3 Å². The quantitative estimate of drug-likeness (QED) is 0.322. The SMILES string of the molecule is CCc1cc2cccc(-c3cccs3)c2c(=O)n1-c1ccccc1.NC(=O)c1c(N)nn2c1NCC=C2. The molecule has 186 valence electrons. The number of anilines is 2. The standard InChI is InChI=1S/C21H17NOS.C7H9N5O/c1-2-16-14-15-8-6-11-18(19-12-7-13-24-19)20(15)21(23)22(16)17-9-4-3-5-10-17;8-5-4(6(9)13)7-10-2-1-3-12(7)11-5/h3-14H,2H2,1H3;1,3,10H,2H2,(H2,8,11)(H2,9,13). The van der Waals surface area contributed by atoms with Crippen LogP contribution in [0.3, 0.4) is 0 Å². The fraction of sp³-hybridized carbons (Fsp3) is 0.107. The third-order valence-electron chi connectivity index (χ3n) is 6.10. The number of para-hydroxylation sites is 1. The molecule has 0 bridgehead atoms. The van der Waals surface area contributed by atoms with Gasteiger partial charge in [-0.15, -0.1) is 16.4 Å². The van der Waals surface area contributed by atoms with Gasteiger partial charge in [-0.05, 0) is 47.5 Å². The number of rotatable bonds is 4. The van der Waals surface area contributed by atoms with Crippen LogP contribution < -0.4 is 22.3 Å². The van der Waals surface area contributed by atoms with Gasteiger partial charge in [-0.2, -0.15) is 0 Å². The fourth-order valence-corrected chi connectivity index (χ4v) is 5.21. The lowest BCUT2D eigenvalue weighted by molar-refractivity contribution is 0.100. The van der Waals surface area contributed by atoms with Gasteiger partial charge in [-0.3, -0.25) is 14.2 Å². The molecule has 37 heavy (non-hydrogen) atoms. The number of aryl methyl sites for hydroxylation is 1. The van der Waals surface area contributed by atoms with Crippen molar-refractivity contribution in [3.05, 3.63) is 99.8 Å². The number of benzene rings is 2. The van der Waals surface area contributed by atoms with E-state index < -0.39 is 5.91 Å². The Morgan fingerprint density at radius 1 is 1.11 bits per heavy atom. The molecular formula is C28H26N6O2S. The van der Waals surface area contributed by atoms with Crippen LogP contribution in [0.15, 0.2) is 83.0 Å². The molecule has 1 amide bonds. The minimum Gasteiger partial charge on any atom is -0.381 e. The first kappa shape index (κ1) is 24.1. The van der Waals surface area contributed by atoms with Crippen LogP contribution in [0.5, 0.6) is 0 Å². The molecular weight excluding hydrogens is 484 g/mol. The number of nitrogens with zero attached hydrogens (tertiary/aromatic N) is 3. The van der Waals surface area contributed by atoms with Crippen molar-refractivity contribution >= 4 is 45.9 Å². The van der Waals surface area contributed by atoms with Crippen LogP contribution in [0, 0.1) is 0 Å². The number of primary amides is 1. The monoisotopic (exact) mass is 510 g/mol. The molecule has 0 saturated heterocycles. The van der Waals surface area contributed by atoms with Crippen molar-refractivity contribution in [1.82, 2.24) is 14.3 Å². The van der Waals surface area contributed by atoms with E-state index >= 15 is 0 Å². The molecule has 0 saturated carbocycles. The molecule has 4 heterocycles. The van der Waals surface area contributed by atoms with Crippen molar-refractivity contribution in [2.75, 3.05) is 17.6 Å². The summed E-state index contributed by atoms with van der Waals surface area (Å²) in [6.07, 6.45) is 4.40. The molecule has 1 aliphatic rings. The van der Waals surface area contributed by atoms with Crippen LogP contribution in [-0.4, -0.2) is 26.8 Å². The summed E-state index contributed by atoms with van der Waals surface area (Å²) in [4.78, 5) is 25.5. The highest BCUT2D eigenvalue weighted by atomic mass is 32.1. The Labute approximate surface area is 217 Å². The van der Waals surface area contributed by atoms with E-state index in [0.29, 0.717) is 12.4 Å². The third kappa shape index (κ3) is 4.52. The number of amides is 1. The summed E-state index contributed by atoms with van der Waals surface area (Å²) in [7, 11) is 0. The van der Waals surface area contributed by atoms with Gasteiger partial charge in [0.2, 0.25) is 0 Å². The number of hydrogen-bond donors (Lipinski definition) is 3. The average molecular weight is 511 g/mol. The first-order chi connectivity index (χ1) is 18.0. The molecule has 0 fully saturated rings. The lowest BCUT2D eigenvalue weighted by Crippen LogP contribution is -2.22. The summed E-state index contributed by atoms with van der Waals surface area (Å²) in [6.45, 7) is 2.73. The Morgan fingerprint density at radius 3 is 2.62 bits per heavy atom. The highest BCUT2D eigenvalue weighted by Crippen LogP contribution is 2.31. The summed E-state index contributed by atoms with van der Waals surface area (Å²) in [5.74, 6) is 0.149. The summed E-state index contributed by atoms with van der Waals surface area (Å²) in [5.41, 5.74) is 13.9. The minimum absolute atomic E-state index is 0.0551. The van der Waals surface area contributed by atoms with Gasteiger partial charge in [0.05, 0.1) is 5.39 Å². The topological polar surface area (TPSA) is 121 Å². The molecule has 5 aromatic rings. The second-order valence-electron chi connectivity index (χ2n) is 8.40. The van der Waals surface area contributed by atoms with E-state index in [1.165, 1.54) is 4.68 Å². The molecule has 0 spiro atoms. The molecule has 0 atom stereocenters. The predicted molar refractivity (Wildman–Crippen MR) is 151 cm³/mol. The van der Waals surface area contributed by atoms with Gasteiger partial charge in [0, 0.05) is 34.6 Å². The second-order valence-corrected chi connectivity index (χ2v) is 9.34. The number of aromatic nitrogens is 3. The fourth-order valence-electron chi connectivity index (χ4n) is 4.45. The highest BCUT2D eigenvalue weighted by molar-refractivity contribution is 7.13. The lowest BCUT2D eigenvalue weighted by atomic mass is 10.0. The second kappa shape index (κ2) is 10.2. The first-order valence-electron chi connectivity index (χ1n) is 11.8. The number of carbonyl (C=O) groups is 1. The number of thiophene rings is 1. The Morgan fingerprint density at radius 2 is 1.92 bits per heavy atom. The number of pyridine rings is 1. The number of fused-ring (bicyclic) bond motifs is 2. The summed E-state index contributed by atoms with van der Waals surface area (Å²) in [6, 6.07) is 22.2. The predicted octanol–water partition coefficient (Wildman–Crippen LogP) is 4.74. The minimum atomic E-state index is -0.568. The number of carbonyl (C=O) groups excluding carboxylic acids is 1. The van der Waals surface area contributed by atoms with Gasteiger partial charge in [0.25, 0.3) is 11.5 Å². The third-order valence-corrected chi connectivity index (χ3v) is 7.01. The molecule has 5 N–H and O–H groups in total. The van der Waals surface area contributed by atoms with Crippen molar-refractivity contribution in [3.63, 3.8) is 0 Å². The smallest absolute Gasteiger partial charge is 0.263 e. The van der Waals surface area contributed by atoms with Crippen molar-refractivity contribution in [2.45, 2.75) is 13.3 Å². The lowest BCUT2D eigenvalue weighted by Gasteiger charge is -2.15. The summed E-state index contributed by atoms with van der Waals surface area (Å²) in [5, 5.41) is 10.7. The van der Waals surface area contributed by atoms with Gasteiger partial charge in [-0.1, -0.05) is 49.4 Å². The van der Waals surface area contributed by atoms with Crippen molar-refractivity contribution < 1.29 is 4.79 Å². The van der Waals surface area contributed by atoms with Crippen molar-refractivity contribution in [3.8, 4) is 16.1 Å². The number of nitrogens with one attached hydrogen (secondary N) is 1. The van der Waals surface area contributed by atoms with Crippen LogP contribution in [0.2, 0.25) is 0 Å². The maximum atomic E-state index is 13.4. The van der Waals surface area contributed by atoms with E-state index in [1.54, 1.807) is 17.5 Å². The zero-order chi connectivity index (χ0) is 25.9. The molecule has 3 aromatic heterocycles. The zero-order valence-corrected chi connectivity index (χ0v) is 21.0. The van der Waals surface area contributed by atoms with Gasteiger partial charge < -0.3 is 16.8 Å². The largest absolute Gasteiger partial charge is 0.381 e. The maximum absolute atomic E-state index is 13.4. The molecule has 0 unspecified atom stereocenters. The Balaban J connectivity index is 0.000000182. The number of nitrogens with two attached hydrogens (primary N) is 2. The molecule has 0 radical (unpaired) electrons. The van der Waals surface area contributed by atoms with Crippen molar-refractivity contribution in [2.24, 2.45) is 5.73 Å². The van der Waals surface area contributed by atoms with Gasteiger partial charge in [0.1, 0.15) is 11.4 Å². The zero-order valence-electron chi connectivity index (χ0n) is 20.2. The van der Waals surface area contributed by atoms with E-state index in [4.69, 9.17) is 11.5 Å². The van der Waals surface area contributed by atoms with Crippen molar-refractivity contribution in [1.29, 1.82) is 0 Å². The molecule has 6 rings (SSSR count). The summed E-state index contributed by atoms with van der Waals surface area (Å²) < 4.78 is 3.35. The van der Waals surface area contributed by atoms with Crippen LogP contribution in [-0.2, 0) is 6.42 Å². The van der Waals surface area contributed by atoms with Gasteiger partial charge >= 0.3 is 0 Å². The van der Waals surface area contributed by atoms with Crippen LogP contribution in [0.1, 0.15) is 23.0 Å². The van der Waals surface area contributed by atoms with E-state index in [2.05, 4.69) is 29.5 Å². The van der Waals surface area contributed by atoms with Crippen LogP contribution in [0.25, 0.3) is 33.1 Å². The number of nitrogen functional groups attached to an aromatic ring is 1. The Hall–Kier alpha value is -4.63. The molecule has 9 heteroatoms. The first-order valence-corrected chi connectivity index (χ1v) is 12.7. The Bertz CT molecular complexity index is 1670.